The fraction of sp³-hybridized carbons (Fsp3) is 0.444. The summed E-state index contributed by atoms with van der Waals surface area (Å²) < 4.78 is 0. The summed E-state index contributed by atoms with van der Waals surface area (Å²) >= 11 is 0. The zero-order valence-corrected chi connectivity index (χ0v) is 13.5. The Labute approximate surface area is 132 Å². The second-order valence-electron chi connectivity index (χ2n) is 6.23. The first-order valence-electron chi connectivity index (χ1n) is 7.72. The van der Waals surface area contributed by atoms with E-state index in [0.29, 0.717) is 25.3 Å². The molecule has 1 aromatic rings. The van der Waals surface area contributed by atoms with Crippen molar-refractivity contribution in [1.29, 1.82) is 0 Å². The van der Waals surface area contributed by atoms with Gasteiger partial charge in [-0.25, -0.2) is 0 Å². The number of carbonyl (C=O) groups excluding carboxylic acids is 2. The molecule has 0 bridgehead atoms. The summed E-state index contributed by atoms with van der Waals surface area (Å²) in [4.78, 5) is 24.8. The molecule has 22 heavy (non-hydrogen) atoms. The van der Waals surface area contributed by atoms with Crippen molar-refractivity contribution in [2.24, 2.45) is 5.41 Å². The first kappa shape index (κ1) is 16.3. The molecule has 0 saturated heterocycles. The Morgan fingerprint density at radius 3 is 2.55 bits per heavy atom. The number of nitrogens with one attached hydrogen (secondary N) is 2. The number of aryl methyl sites for hydroxylation is 1. The Morgan fingerprint density at radius 2 is 2.00 bits per heavy atom. The van der Waals surface area contributed by atoms with Gasteiger partial charge in [0, 0.05) is 12.2 Å². The number of rotatable bonds is 6. The van der Waals surface area contributed by atoms with E-state index in [1.54, 1.807) is 6.08 Å². The fourth-order valence-electron chi connectivity index (χ4n) is 2.59. The fourth-order valence-corrected chi connectivity index (χ4v) is 2.59. The maximum absolute atomic E-state index is 12.6. The van der Waals surface area contributed by atoms with Gasteiger partial charge in [0.15, 0.2) is 0 Å². The molecular weight excluding hydrogens is 276 g/mol. The van der Waals surface area contributed by atoms with Crippen molar-refractivity contribution in [2.45, 2.75) is 39.5 Å². The quantitative estimate of drug-likeness (QED) is 0.626. The second-order valence-corrected chi connectivity index (χ2v) is 6.23. The van der Waals surface area contributed by atoms with Crippen LogP contribution in [0.3, 0.4) is 0 Å². The van der Waals surface area contributed by atoms with Crippen molar-refractivity contribution >= 4 is 17.5 Å². The highest BCUT2D eigenvalue weighted by Crippen LogP contribution is 2.47. The van der Waals surface area contributed by atoms with Gasteiger partial charge in [0.1, 0.15) is 5.41 Å². The Hall–Kier alpha value is -2.10. The SMILES string of the molecule is C=CCNC(=O)C1(C(=O)Nc2c(C)cccc2C(C)C)CC1. The van der Waals surface area contributed by atoms with E-state index < -0.39 is 5.41 Å². The Morgan fingerprint density at radius 1 is 1.32 bits per heavy atom. The summed E-state index contributed by atoms with van der Waals surface area (Å²) in [5.74, 6) is -0.102. The van der Waals surface area contributed by atoms with Crippen LogP contribution in [-0.4, -0.2) is 18.4 Å². The highest BCUT2D eigenvalue weighted by molar-refractivity contribution is 6.13. The molecule has 0 spiro atoms. The third-order valence-electron chi connectivity index (χ3n) is 4.19. The smallest absolute Gasteiger partial charge is 0.240 e. The van der Waals surface area contributed by atoms with Crippen molar-refractivity contribution in [3.05, 3.63) is 42.0 Å². The van der Waals surface area contributed by atoms with E-state index in [2.05, 4.69) is 31.1 Å². The van der Waals surface area contributed by atoms with Crippen LogP contribution < -0.4 is 10.6 Å². The summed E-state index contributed by atoms with van der Waals surface area (Å²) in [5, 5.41) is 5.73. The van der Waals surface area contributed by atoms with Gasteiger partial charge in [0.2, 0.25) is 11.8 Å². The zero-order chi connectivity index (χ0) is 16.3. The van der Waals surface area contributed by atoms with E-state index in [1.165, 1.54) is 0 Å². The number of hydrogen-bond donors (Lipinski definition) is 2. The van der Waals surface area contributed by atoms with Crippen LogP contribution in [0.25, 0.3) is 0 Å². The average molecular weight is 300 g/mol. The van der Waals surface area contributed by atoms with Gasteiger partial charge in [0.25, 0.3) is 0 Å². The summed E-state index contributed by atoms with van der Waals surface area (Å²) in [7, 11) is 0. The van der Waals surface area contributed by atoms with Crippen molar-refractivity contribution < 1.29 is 9.59 Å². The molecule has 0 radical (unpaired) electrons. The Kier molecular flexibility index (Phi) is 4.69. The molecule has 1 aliphatic carbocycles. The molecule has 1 saturated carbocycles. The predicted molar refractivity (Wildman–Crippen MR) is 88.8 cm³/mol. The van der Waals surface area contributed by atoms with E-state index in [0.717, 1.165) is 16.8 Å². The van der Waals surface area contributed by atoms with Crippen molar-refractivity contribution in [1.82, 2.24) is 5.32 Å². The first-order chi connectivity index (χ1) is 10.4. The number of amides is 2. The first-order valence-corrected chi connectivity index (χ1v) is 7.72. The lowest BCUT2D eigenvalue weighted by Crippen LogP contribution is -2.40. The van der Waals surface area contributed by atoms with Crippen LogP contribution >= 0.6 is 0 Å². The lowest BCUT2D eigenvalue weighted by atomic mass is 9.97. The van der Waals surface area contributed by atoms with Crippen molar-refractivity contribution in [3.8, 4) is 0 Å². The predicted octanol–water partition coefficient (Wildman–Crippen LogP) is 3.14. The van der Waals surface area contributed by atoms with Gasteiger partial charge in [-0.3, -0.25) is 9.59 Å². The van der Waals surface area contributed by atoms with E-state index >= 15 is 0 Å². The maximum atomic E-state index is 12.6. The van der Waals surface area contributed by atoms with Gasteiger partial charge < -0.3 is 10.6 Å². The van der Waals surface area contributed by atoms with Gasteiger partial charge in [-0.2, -0.15) is 0 Å². The largest absolute Gasteiger partial charge is 0.352 e. The van der Waals surface area contributed by atoms with Crippen LogP contribution in [0.15, 0.2) is 30.9 Å². The molecule has 0 aromatic heterocycles. The topological polar surface area (TPSA) is 58.2 Å². The van der Waals surface area contributed by atoms with Crippen molar-refractivity contribution in [2.75, 3.05) is 11.9 Å². The monoisotopic (exact) mass is 300 g/mol. The van der Waals surface area contributed by atoms with E-state index in [1.807, 2.05) is 25.1 Å². The van der Waals surface area contributed by atoms with Crippen LogP contribution in [0.5, 0.6) is 0 Å². The summed E-state index contributed by atoms with van der Waals surface area (Å²) in [6.45, 7) is 10.1. The van der Waals surface area contributed by atoms with Gasteiger partial charge in [-0.05, 0) is 36.8 Å². The normalized spacial score (nSPS) is 15.3. The molecule has 4 nitrogen and oxygen atoms in total. The number of para-hydroxylation sites is 1. The lowest BCUT2D eigenvalue weighted by molar-refractivity contribution is -0.134. The Bertz CT molecular complexity index is 601. The van der Waals surface area contributed by atoms with Gasteiger partial charge in [0.05, 0.1) is 0 Å². The second kappa shape index (κ2) is 6.34. The molecule has 4 heteroatoms. The third-order valence-corrected chi connectivity index (χ3v) is 4.19. The van der Waals surface area contributed by atoms with E-state index in [4.69, 9.17) is 0 Å². The van der Waals surface area contributed by atoms with E-state index in [-0.39, 0.29) is 11.8 Å². The molecule has 2 rings (SSSR count). The Balaban J connectivity index is 2.19. The molecule has 2 amide bonds. The molecule has 0 atom stereocenters. The minimum atomic E-state index is -0.903. The molecule has 0 heterocycles. The number of anilines is 1. The minimum absolute atomic E-state index is 0.203. The van der Waals surface area contributed by atoms with Crippen LogP contribution in [-0.2, 0) is 9.59 Å². The van der Waals surface area contributed by atoms with Crippen LogP contribution in [0.1, 0.15) is 43.7 Å². The number of benzene rings is 1. The summed E-state index contributed by atoms with van der Waals surface area (Å²) in [6.07, 6.45) is 2.82. The van der Waals surface area contributed by atoms with Gasteiger partial charge in [-0.1, -0.05) is 38.1 Å². The van der Waals surface area contributed by atoms with Gasteiger partial charge >= 0.3 is 0 Å². The van der Waals surface area contributed by atoms with Crippen LogP contribution in [0.4, 0.5) is 5.69 Å². The van der Waals surface area contributed by atoms with Gasteiger partial charge in [-0.15, -0.1) is 6.58 Å². The van der Waals surface area contributed by atoms with E-state index in [9.17, 15) is 9.59 Å². The van der Waals surface area contributed by atoms with Crippen LogP contribution in [0, 0.1) is 12.3 Å². The highest BCUT2D eigenvalue weighted by Gasteiger charge is 2.56. The van der Waals surface area contributed by atoms with Crippen LogP contribution in [0.2, 0.25) is 0 Å². The molecule has 1 aromatic carbocycles. The average Bonchev–Trinajstić information content (AvgIpc) is 3.28. The molecular formula is C18H24N2O2. The molecule has 0 aliphatic heterocycles. The summed E-state index contributed by atoms with van der Waals surface area (Å²) in [5.41, 5.74) is 2.04. The number of hydrogen-bond acceptors (Lipinski definition) is 2. The standard InChI is InChI=1S/C18H24N2O2/c1-5-11-19-16(21)18(9-10-18)17(22)20-15-13(4)7-6-8-14(15)12(2)3/h5-8,12H,1,9-11H2,2-4H3,(H,19,21)(H,20,22). The molecule has 118 valence electrons. The number of carbonyl (C=O) groups is 2. The zero-order valence-electron chi connectivity index (χ0n) is 13.5. The third kappa shape index (κ3) is 3.06. The maximum Gasteiger partial charge on any atom is 0.240 e. The molecule has 1 fully saturated rings. The molecule has 1 aliphatic rings. The molecule has 0 unspecified atom stereocenters. The van der Waals surface area contributed by atoms with Crippen molar-refractivity contribution in [3.63, 3.8) is 0 Å². The highest BCUT2D eigenvalue weighted by atomic mass is 16.2. The lowest BCUT2D eigenvalue weighted by Gasteiger charge is -2.20. The molecule has 2 N–H and O–H groups in total. The minimum Gasteiger partial charge on any atom is -0.352 e. The summed E-state index contributed by atoms with van der Waals surface area (Å²) in [6, 6.07) is 5.98.